The van der Waals surface area contributed by atoms with Gasteiger partial charge >= 0.3 is 0 Å². The molecule has 1 aliphatic heterocycles. The van der Waals surface area contributed by atoms with E-state index in [0.29, 0.717) is 44.3 Å². The quantitative estimate of drug-likeness (QED) is 0.581. The van der Waals surface area contributed by atoms with Crippen LogP contribution in [-0.4, -0.2) is 85.3 Å². The minimum absolute atomic E-state index is 0.127. The van der Waals surface area contributed by atoms with Crippen LogP contribution in [0.1, 0.15) is 0 Å². The first-order chi connectivity index (χ1) is 14.8. The summed E-state index contributed by atoms with van der Waals surface area (Å²) in [5, 5.41) is 0. The van der Waals surface area contributed by atoms with E-state index in [1.54, 1.807) is 12.1 Å². The van der Waals surface area contributed by atoms with Crippen LogP contribution in [0.3, 0.4) is 0 Å². The Balaban J connectivity index is 1.64. The number of anilines is 1. The molecule has 1 heterocycles. The Bertz CT molecular complexity index is 956. The number of hydrogen-bond donors (Lipinski definition) is 0. The number of likely N-dealkylation sites (N-methyl/N-ethyl adjacent to an activating group) is 1. The average molecular weight is 450 g/mol. The lowest BCUT2D eigenvalue weighted by Gasteiger charge is -2.35. The maximum Gasteiger partial charge on any atom is 0.247 e. The van der Waals surface area contributed by atoms with Crippen LogP contribution < -0.4 is 19.1 Å². The highest BCUT2D eigenvalue weighted by Gasteiger charge is 2.31. The van der Waals surface area contributed by atoms with E-state index in [1.807, 2.05) is 38.4 Å². The molecule has 0 unspecified atom stereocenters. The number of benzene rings is 2. The lowest BCUT2D eigenvalue weighted by Crippen LogP contribution is -2.48. The van der Waals surface area contributed by atoms with Crippen molar-refractivity contribution < 1.29 is 22.6 Å². The summed E-state index contributed by atoms with van der Waals surface area (Å²) >= 11 is 0. The van der Waals surface area contributed by atoms with Crippen LogP contribution in [0.25, 0.3) is 0 Å². The molecule has 1 aliphatic rings. The van der Waals surface area contributed by atoms with E-state index < -0.39 is 10.0 Å². The monoisotopic (exact) mass is 449 g/mol. The molecule has 31 heavy (non-hydrogen) atoms. The van der Waals surface area contributed by atoms with Gasteiger partial charge < -0.3 is 24.0 Å². The smallest absolute Gasteiger partial charge is 0.247 e. The Hall–Kier alpha value is -2.49. The SMILES string of the molecule is COc1ccc(OC)c(S(=O)(=O)N2CCN(c3ccc(OCCN(C)C)cc3)CC2)c1. The van der Waals surface area contributed by atoms with E-state index in [1.165, 1.54) is 24.6 Å². The van der Waals surface area contributed by atoms with E-state index >= 15 is 0 Å². The van der Waals surface area contributed by atoms with Crippen molar-refractivity contribution in [2.45, 2.75) is 4.90 Å². The van der Waals surface area contributed by atoms with Crippen LogP contribution in [-0.2, 0) is 10.0 Å². The van der Waals surface area contributed by atoms with Crippen molar-refractivity contribution in [1.82, 2.24) is 9.21 Å². The van der Waals surface area contributed by atoms with Crippen molar-refractivity contribution in [3.8, 4) is 17.2 Å². The summed E-state index contributed by atoms with van der Waals surface area (Å²) in [6, 6.07) is 12.7. The molecule has 0 amide bonds. The fourth-order valence-electron chi connectivity index (χ4n) is 3.41. The molecule has 1 fully saturated rings. The van der Waals surface area contributed by atoms with Crippen molar-refractivity contribution in [2.75, 3.05) is 72.5 Å². The van der Waals surface area contributed by atoms with Crippen molar-refractivity contribution in [2.24, 2.45) is 0 Å². The highest BCUT2D eigenvalue weighted by atomic mass is 32.2. The fraction of sp³-hybridized carbons (Fsp3) is 0.455. The van der Waals surface area contributed by atoms with Gasteiger partial charge in [-0.1, -0.05) is 0 Å². The van der Waals surface area contributed by atoms with Crippen LogP contribution in [0.15, 0.2) is 47.4 Å². The molecule has 0 radical (unpaired) electrons. The van der Waals surface area contributed by atoms with Crippen LogP contribution in [0.4, 0.5) is 5.69 Å². The summed E-state index contributed by atoms with van der Waals surface area (Å²) in [7, 11) is 3.31. The van der Waals surface area contributed by atoms with Crippen LogP contribution >= 0.6 is 0 Å². The number of nitrogens with zero attached hydrogens (tertiary/aromatic N) is 3. The summed E-state index contributed by atoms with van der Waals surface area (Å²) in [6.07, 6.45) is 0. The fourth-order valence-corrected chi connectivity index (χ4v) is 5.00. The van der Waals surface area contributed by atoms with E-state index in [0.717, 1.165) is 18.0 Å². The first-order valence-corrected chi connectivity index (χ1v) is 11.6. The Labute approximate surface area is 185 Å². The normalized spacial score (nSPS) is 15.2. The standard InChI is InChI=1S/C22H31N3O5S/c1-23(2)15-16-30-19-7-5-18(6-8-19)24-11-13-25(14-12-24)31(26,27)22-17-20(28-3)9-10-21(22)29-4/h5-10,17H,11-16H2,1-4H3. The summed E-state index contributed by atoms with van der Waals surface area (Å²) in [5.74, 6) is 1.62. The zero-order valence-corrected chi connectivity index (χ0v) is 19.4. The van der Waals surface area contributed by atoms with Gasteiger partial charge in [0, 0.05) is 44.5 Å². The summed E-state index contributed by atoms with van der Waals surface area (Å²) in [6.45, 7) is 3.49. The molecule has 0 saturated carbocycles. The van der Waals surface area contributed by atoms with E-state index in [-0.39, 0.29) is 4.90 Å². The third-order valence-electron chi connectivity index (χ3n) is 5.24. The average Bonchev–Trinajstić information content (AvgIpc) is 2.79. The molecule has 3 rings (SSSR count). The van der Waals surface area contributed by atoms with Crippen LogP contribution in [0.2, 0.25) is 0 Å². The molecular formula is C22H31N3O5S. The first kappa shape index (κ1) is 23.2. The van der Waals surface area contributed by atoms with Gasteiger partial charge in [0.05, 0.1) is 14.2 Å². The van der Waals surface area contributed by atoms with Crippen molar-refractivity contribution in [3.63, 3.8) is 0 Å². The second kappa shape index (κ2) is 10.2. The van der Waals surface area contributed by atoms with E-state index in [9.17, 15) is 8.42 Å². The van der Waals surface area contributed by atoms with Gasteiger partial charge in [0.25, 0.3) is 0 Å². The van der Waals surface area contributed by atoms with Gasteiger partial charge in [0.15, 0.2) is 0 Å². The van der Waals surface area contributed by atoms with Gasteiger partial charge in [0.2, 0.25) is 10.0 Å². The number of methoxy groups -OCH3 is 2. The van der Waals surface area contributed by atoms with Crippen molar-refractivity contribution in [3.05, 3.63) is 42.5 Å². The number of piperazine rings is 1. The molecular weight excluding hydrogens is 418 g/mol. The largest absolute Gasteiger partial charge is 0.497 e. The Morgan fingerprint density at radius 2 is 1.55 bits per heavy atom. The molecule has 2 aromatic rings. The van der Waals surface area contributed by atoms with Gasteiger partial charge in [-0.05, 0) is 50.5 Å². The third-order valence-corrected chi connectivity index (χ3v) is 7.16. The highest BCUT2D eigenvalue weighted by Crippen LogP contribution is 2.31. The Morgan fingerprint density at radius 1 is 0.903 bits per heavy atom. The molecule has 0 spiro atoms. The lowest BCUT2D eigenvalue weighted by atomic mass is 10.2. The molecule has 0 aliphatic carbocycles. The molecule has 0 atom stereocenters. The molecule has 8 nitrogen and oxygen atoms in total. The molecule has 0 bridgehead atoms. The van der Waals surface area contributed by atoms with E-state index in [4.69, 9.17) is 14.2 Å². The maximum atomic E-state index is 13.2. The molecule has 0 aromatic heterocycles. The van der Waals surface area contributed by atoms with Crippen molar-refractivity contribution in [1.29, 1.82) is 0 Å². The topological polar surface area (TPSA) is 71.5 Å². The van der Waals surface area contributed by atoms with Gasteiger partial charge in [-0.2, -0.15) is 4.31 Å². The summed E-state index contributed by atoms with van der Waals surface area (Å²) in [4.78, 5) is 4.38. The number of rotatable bonds is 9. The second-order valence-corrected chi connectivity index (χ2v) is 9.46. The Kier molecular flexibility index (Phi) is 7.64. The second-order valence-electron chi connectivity index (χ2n) is 7.55. The molecule has 1 saturated heterocycles. The van der Waals surface area contributed by atoms with Crippen LogP contribution in [0, 0.1) is 0 Å². The first-order valence-electron chi connectivity index (χ1n) is 10.2. The summed E-state index contributed by atoms with van der Waals surface area (Å²) < 4.78 is 44.2. The third kappa shape index (κ3) is 5.61. The summed E-state index contributed by atoms with van der Waals surface area (Å²) in [5.41, 5.74) is 1.05. The predicted molar refractivity (Wildman–Crippen MR) is 121 cm³/mol. The lowest BCUT2D eigenvalue weighted by molar-refractivity contribution is 0.261. The number of hydrogen-bond acceptors (Lipinski definition) is 7. The minimum atomic E-state index is -3.69. The molecule has 0 N–H and O–H groups in total. The van der Waals surface area contributed by atoms with Gasteiger partial charge in [0.1, 0.15) is 28.8 Å². The van der Waals surface area contributed by atoms with Crippen LogP contribution in [0.5, 0.6) is 17.2 Å². The highest BCUT2D eigenvalue weighted by molar-refractivity contribution is 7.89. The van der Waals surface area contributed by atoms with Gasteiger partial charge in [-0.3, -0.25) is 0 Å². The minimum Gasteiger partial charge on any atom is -0.497 e. The van der Waals surface area contributed by atoms with E-state index in [2.05, 4.69) is 9.80 Å². The zero-order chi connectivity index (χ0) is 22.4. The van der Waals surface area contributed by atoms with Gasteiger partial charge in [-0.25, -0.2) is 8.42 Å². The maximum absolute atomic E-state index is 13.2. The number of sulfonamides is 1. The Morgan fingerprint density at radius 3 is 2.13 bits per heavy atom. The molecule has 9 heteroatoms. The van der Waals surface area contributed by atoms with Gasteiger partial charge in [-0.15, -0.1) is 0 Å². The van der Waals surface area contributed by atoms with Crippen molar-refractivity contribution >= 4 is 15.7 Å². The number of ether oxygens (including phenoxy) is 3. The molecule has 2 aromatic carbocycles. The molecule has 170 valence electrons. The predicted octanol–water partition coefficient (Wildman–Crippen LogP) is 2.16. The zero-order valence-electron chi connectivity index (χ0n) is 18.6.